The van der Waals surface area contributed by atoms with Crippen LogP contribution < -0.4 is 0 Å². The van der Waals surface area contributed by atoms with Crippen LogP contribution >= 0.6 is 11.6 Å². The topological polar surface area (TPSA) is 37.3 Å². The summed E-state index contributed by atoms with van der Waals surface area (Å²) < 4.78 is 13.4. The first-order valence-electron chi connectivity index (χ1n) is 4.59. The zero-order valence-corrected chi connectivity index (χ0v) is 9.31. The predicted octanol–water partition coefficient (Wildman–Crippen LogP) is 3.05. The molecule has 0 aliphatic rings. The van der Waals surface area contributed by atoms with Gasteiger partial charge < -0.3 is 5.11 Å². The van der Waals surface area contributed by atoms with Gasteiger partial charge in [-0.2, -0.15) is 0 Å². The molecule has 82 valence electrons. The van der Waals surface area contributed by atoms with Crippen LogP contribution in [0.25, 0.3) is 0 Å². The maximum atomic E-state index is 13.4. The Morgan fingerprint density at radius 2 is 2.20 bits per heavy atom. The third kappa shape index (κ3) is 2.69. The average Bonchev–Trinajstić information content (AvgIpc) is 2.18. The summed E-state index contributed by atoms with van der Waals surface area (Å²) in [6, 6.07) is 2.74. The highest BCUT2D eigenvalue weighted by atomic mass is 35.5. The first-order chi connectivity index (χ1) is 6.93. The highest BCUT2D eigenvalue weighted by Crippen LogP contribution is 2.24. The lowest BCUT2D eigenvalue weighted by Crippen LogP contribution is -2.14. The molecule has 0 radical (unpaired) electrons. The molecule has 0 aliphatic carbocycles. The van der Waals surface area contributed by atoms with Gasteiger partial charge in [0.25, 0.3) is 0 Å². The summed E-state index contributed by atoms with van der Waals surface area (Å²) in [5.41, 5.74) is 1.00. The van der Waals surface area contributed by atoms with Crippen LogP contribution in [0.5, 0.6) is 0 Å². The number of carbonyl (C=O) groups is 1. The van der Waals surface area contributed by atoms with Gasteiger partial charge in [-0.25, -0.2) is 4.39 Å². The third-order valence-electron chi connectivity index (χ3n) is 2.41. The van der Waals surface area contributed by atoms with Crippen molar-refractivity contribution in [3.63, 3.8) is 0 Å². The van der Waals surface area contributed by atoms with Crippen LogP contribution in [0.1, 0.15) is 18.1 Å². The molecule has 0 bridgehead atoms. The van der Waals surface area contributed by atoms with Crippen molar-refractivity contribution in [2.45, 2.75) is 20.3 Å². The average molecular weight is 231 g/mol. The Morgan fingerprint density at radius 1 is 1.60 bits per heavy atom. The minimum absolute atomic E-state index is 0.160. The van der Waals surface area contributed by atoms with Gasteiger partial charge in [0.2, 0.25) is 0 Å². The quantitative estimate of drug-likeness (QED) is 0.867. The van der Waals surface area contributed by atoms with E-state index in [0.29, 0.717) is 16.1 Å². The Kier molecular flexibility index (Phi) is 3.69. The molecule has 0 saturated carbocycles. The van der Waals surface area contributed by atoms with E-state index < -0.39 is 17.7 Å². The van der Waals surface area contributed by atoms with Crippen LogP contribution in [-0.2, 0) is 11.2 Å². The van der Waals surface area contributed by atoms with E-state index >= 15 is 0 Å². The van der Waals surface area contributed by atoms with Crippen LogP contribution in [0.2, 0.25) is 5.02 Å². The van der Waals surface area contributed by atoms with Gasteiger partial charge in [0.05, 0.1) is 5.92 Å². The normalized spacial score (nSPS) is 12.5. The van der Waals surface area contributed by atoms with Crippen molar-refractivity contribution in [1.82, 2.24) is 0 Å². The molecule has 1 aromatic rings. The fraction of sp³-hybridized carbons (Fsp3) is 0.364. The molecule has 0 spiro atoms. The maximum Gasteiger partial charge on any atom is 0.306 e. The lowest BCUT2D eigenvalue weighted by atomic mass is 9.97. The predicted molar refractivity (Wildman–Crippen MR) is 56.7 cm³/mol. The van der Waals surface area contributed by atoms with Crippen molar-refractivity contribution in [3.05, 3.63) is 34.1 Å². The first kappa shape index (κ1) is 12.0. The van der Waals surface area contributed by atoms with Gasteiger partial charge in [-0.15, -0.1) is 0 Å². The van der Waals surface area contributed by atoms with E-state index in [4.69, 9.17) is 16.7 Å². The van der Waals surface area contributed by atoms with Crippen molar-refractivity contribution >= 4 is 17.6 Å². The Bertz CT molecular complexity index is 390. The van der Waals surface area contributed by atoms with E-state index in [9.17, 15) is 9.18 Å². The fourth-order valence-corrected chi connectivity index (χ4v) is 1.52. The van der Waals surface area contributed by atoms with Gasteiger partial charge in [-0.1, -0.05) is 18.5 Å². The highest BCUT2D eigenvalue weighted by Gasteiger charge is 2.17. The molecule has 0 amide bonds. The number of aliphatic carboxylic acids is 1. The van der Waals surface area contributed by atoms with E-state index in [-0.39, 0.29) is 6.42 Å². The Hall–Kier alpha value is -1.09. The Morgan fingerprint density at radius 3 is 2.73 bits per heavy atom. The first-order valence-corrected chi connectivity index (χ1v) is 4.97. The smallest absolute Gasteiger partial charge is 0.306 e. The SMILES string of the molecule is Cc1c(Cl)ccc(F)c1CC(C)C(=O)O. The summed E-state index contributed by atoms with van der Waals surface area (Å²) in [5, 5.41) is 9.20. The largest absolute Gasteiger partial charge is 0.481 e. The van der Waals surface area contributed by atoms with Gasteiger partial charge in [0.1, 0.15) is 5.82 Å². The molecule has 4 heteroatoms. The van der Waals surface area contributed by atoms with Crippen molar-refractivity contribution in [2.24, 2.45) is 5.92 Å². The summed E-state index contributed by atoms with van der Waals surface area (Å²) in [4.78, 5) is 10.7. The zero-order valence-electron chi connectivity index (χ0n) is 8.55. The molecule has 2 nitrogen and oxygen atoms in total. The summed E-state index contributed by atoms with van der Waals surface area (Å²) in [6.07, 6.45) is 0.160. The Labute approximate surface area is 92.7 Å². The minimum Gasteiger partial charge on any atom is -0.481 e. The van der Waals surface area contributed by atoms with E-state index in [0.717, 1.165) is 0 Å². The van der Waals surface area contributed by atoms with Crippen molar-refractivity contribution in [3.8, 4) is 0 Å². The molecule has 0 fully saturated rings. The summed E-state index contributed by atoms with van der Waals surface area (Å²) in [6.45, 7) is 3.23. The molecule has 1 unspecified atom stereocenters. The summed E-state index contributed by atoms with van der Waals surface area (Å²) in [7, 11) is 0. The number of halogens is 2. The number of hydrogen-bond donors (Lipinski definition) is 1. The molecule has 1 atom stereocenters. The Balaban J connectivity index is 3.03. The summed E-state index contributed by atoms with van der Waals surface area (Å²) >= 11 is 5.83. The highest BCUT2D eigenvalue weighted by molar-refractivity contribution is 6.31. The molecule has 0 aliphatic heterocycles. The van der Waals surface area contributed by atoms with E-state index in [1.165, 1.54) is 12.1 Å². The van der Waals surface area contributed by atoms with Gasteiger partial charge >= 0.3 is 5.97 Å². The molecule has 0 saturated heterocycles. The molecule has 1 rings (SSSR count). The molecule has 1 N–H and O–H groups in total. The summed E-state index contributed by atoms with van der Waals surface area (Å²) in [5.74, 6) is -1.95. The second kappa shape index (κ2) is 4.62. The number of hydrogen-bond acceptors (Lipinski definition) is 1. The van der Waals surface area contributed by atoms with Gasteiger partial charge in [0, 0.05) is 5.02 Å². The number of benzene rings is 1. The molecule has 1 aromatic carbocycles. The zero-order chi connectivity index (χ0) is 11.6. The second-order valence-electron chi connectivity index (χ2n) is 3.58. The lowest BCUT2D eigenvalue weighted by molar-refractivity contribution is -0.141. The monoisotopic (exact) mass is 230 g/mol. The van der Waals surface area contributed by atoms with Gasteiger partial charge in [0.15, 0.2) is 0 Å². The lowest BCUT2D eigenvalue weighted by Gasteiger charge is -2.11. The maximum absolute atomic E-state index is 13.4. The molecule has 15 heavy (non-hydrogen) atoms. The van der Waals surface area contributed by atoms with E-state index in [1.807, 2.05) is 0 Å². The van der Waals surface area contributed by atoms with Crippen LogP contribution in [0.15, 0.2) is 12.1 Å². The molecular weight excluding hydrogens is 219 g/mol. The molecular formula is C11H12ClFO2. The van der Waals surface area contributed by atoms with Crippen molar-refractivity contribution in [1.29, 1.82) is 0 Å². The van der Waals surface area contributed by atoms with E-state index in [1.54, 1.807) is 13.8 Å². The van der Waals surface area contributed by atoms with E-state index in [2.05, 4.69) is 0 Å². The second-order valence-corrected chi connectivity index (χ2v) is 3.98. The van der Waals surface area contributed by atoms with Gasteiger partial charge in [-0.05, 0) is 36.6 Å². The third-order valence-corrected chi connectivity index (χ3v) is 2.82. The van der Waals surface area contributed by atoms with Crippen LogP contribution in [0, 0.1) is 18.7 Å². The van der Waals surface area contributed by atoms with Crippen molar-refractivity contribution in [2.75, 3.05) is 0 Å². The molecule has 0 aromatic heterocycles. The number of carboxylic acids is 1. The van der Waals surface area contributed by atoms with Crippen LogP contribution in [0.4, 0.5) is 4.39 Å². The number of rotatable bonds is 3. The van der Waals surface area contributed by atoms with Gasteiger partial charge in [-0.3, -0.25) is 4.79 Å². The van der Waals surface area contributed by atoms with Crippen LogP contribution in [0.3, 0.4) is 0 Å². The van der Waals surface area contributed by atoms with Crippen molar-refractivity contribution < 1.29 is 14.3 Å². The molecule has 0 heterocycles. The number of carboxylic acid groups (broad SMARTS) is 1. The van der Waals surface area contributed by atoms with Crippen LogP contribution in [-0.4, -0.2) is 11.1 Å². The minimum atomic E-state index is -0.936. The standard InChI is InChI=1S/C11H12ClFO2/c1-6(11(14)15)5-8-7(2)9(12)3-4-10(8)13/h3-4,6H,5H2,1-2H3,(H,14,15). The fourth-order valence-electron chi connectivity index (χ4n) is 1.34.